The summed E-state index contributed by atoms with van der Waals surface area (Å²) in [5.41, 5.74) is 0. The molecule has 2 fully saturated rings. The molecule has 52 valence electrons. The smallest absolute Gasteiger partial charge is 0.0334 e. The minimum Gasteiger partial charge on any atom is -0.0622 e. The van der Waals surface area contributed by atoms with Gasteiger partial charge in [0.05, 0.1) is 0 Å². The molecule has 0 nitrogen and oxygen atoms in total. The van der Waals surface area contributed by atoms with Gasteiger partial charge >= 0.3 is 0 Å². The maximum atomic E-state index is 2.43. The van der Waals surface area contributed by atoms with Gasteiger partial charge in [0.2, 0.25) is 0 Å². The zero-order valence-corrected chi connectivity index (χ0v) is 6.43. The first-order valence-electron chi connectivity index (χ1n) is 4.29. The van der Waals surface area contributed by atoms with E-state index in [1.54, 1.807) is 0 Å². The van der Waals surface area contributed by atoms with Gasteiger partial charge in [-0.15, -0.1) is 0 Å². The van der Waals surface area contributed by atoms with Crippen molar-refractivity contribution >= 4 is 0 Å². The first-order chi connectivity index (χ1) is 4.29. The highest BCUT2D eigenvalue weighted by atomic mass is 14.5. The molecular weight excluding hydrogens is 108 g/mol. The third-order valence-corrected chi connectivity index (χ3v) is 3.53. The van der Waals surface area contributed by atoms with Crippen LogP contribution in [0.25, 0.3) is 0 Å². The molecule has 0 heteroatoms. The fraction of sp³-hybridized carbons (Fsp3) is 1.00. The Morgan fingerprint density at radius 2 is 1.78 bits per heavy atom. The van der Waals surface area contributed by atoms with Gasteiger partial charge in [0.25, 0.3) is 0 Å². The molecule has 2 aliphatic rings. The van der Waals surface area contributed by atoms with Crippen molar-refractivity contribution in [1.29, 1.82) is 0 Å². The summed E-state index contributed by atoms with van der Waals surface area (Å²) in [7, 11) is 0. The average molecular weight is 124 g/mol. The fourth-order valence-electron chi connectivity index (χ4n) is 3.07. The molecule has 0 aromatic carbocycles. The van der Waals surface area contributed by atoms with E-state index >= 15 is 0 Å². The van der Waals surface area contributed by atoms with Crippen LogP contribution in [0.2, 0.25) is 0 Å². The minimum atomic E-state index is 1.05. The fourth-order valence-corrected chi connectivity index (χ4v) is 3.07. The molecule has 0 saturated heterocycles. The third kappa shape index (κ3) is 0.653. The molecule has 4 atom stereocenters. The maximum absolute atomic E-state index is 2.43. The molecule has 0 aromatic heterocycles. The Bertz CT molecular complexity index is 108. The van der Waals surface area contributed by atoms with Gasteiger partial charge in [-0.2, -0.15) is 0 Å². The summed E-state index contributed by atoms with van der Waals surface area (Å²) in [6, 6.07) is 0. The Hall–Kier alpha value is 0. The molecule has 0 bridgehead atoms. The molecule has 0 N–H and O–H groups in total. The number of hydrogen-bond acceptors (Lipinski definition) is 0. The summed E-state index contributed by atoms with van der Waals surface area (Å²) in [6.07, 6.45) is 4.59. The molecule has 0 aromatic rings. The van der Waals surface area contributed by atoms with Crippen molar-refractivity contribution in [3.05, 3.63) is 0 Å². The Balaban J connectivity index is 2.06. The lowest BCUT2D eigenvalue weighted by molar-refractivity contribution is 0.0890. The van der Waals surface area contributed by atoms with Crippen molar-refractivity contribution in [3.63, 3.8) is 0 Å². The van der Waals surface area contributed by atoms with Gasteiger partial charge in [-0.25, -0.2) is 0 Å². The van der Waals surface area contributed by atoms with Gasteiger partial charge in [0.15, 0.2) is 0 Å². The van der Waals surface area contributed by atoms with Crippen molar-refractivity contribution < 1.29 is 0 Å². The Morgan fingerprint density at radius 3 is 2.22 bits per heavy atom. The standard InChI is InChI=1S/C9H16/c1-6-3-4-8-5-7(2)9(6)8/h6-9H,3-5H2,1-2H3/t6-,7?,8?,9?/m1/s1. The second-order valence-electron chi connectivity index (χ2n) is 4.11. The lowest BCUT2D eigenvalue weighted by Crippen LogP contribution is -2.33. The number of hydrogen-bond donors (Lipinski definition) is 0. The second-order valence-corrected chi connectivity index (χ2v) is 4.11. The van der Waals surface area contributed by atoms with Gasteiger partial charge in [0.1, 0.15) is 0 Å². The molecule has 0 radical (unpaired) electrons. The minimum absolute atomic E-state index is 1.05. The van der Waals surface area contributed by atoms with E-state index in [2.05, 4.69) is 13.8 Å². The maximum Gasteiger partial charge on any atom is -0.0334 e. The molecule has 9 heavy (non-hydrogen) atoms. The summed E-state index contributed by atoms with van der Waals surface area (Å²) in [6.45, 7) is 4.85. The van der Waals surface area contributed by atoms with Crippen LogP contribution in [-0.4, -0.2) is 0 Å². The van der Waals surface area contributed by atoms with Crippen LogP contribution in [0.5, 0.6) is 0 Å². The molecule has 0 heterocycles. The highest BCUT2D eigenvalue weighted by molar-refractivity contribution is 4.94. The normalized spacial score (nSPS) is 56.7. The van der Waals surface area contributed by atoms with E-state index in [1.807, 2.05) is 0 Å². The summed E-state index contributed by atoms with van der Waals surface area (Å²) in [5.74, 6) is 4.39. The van der Waals surface area contributed by atoms with Crippen LogP contribution in [0.1, 0.15) is 33.1 Å². The SMILES string of the molecule is CC1CC2CC[C@@H](C)C12. The number of fused-ring (bicyclic) bond motifs is 1. The van der Waals surface area contributed by atoms with Crippen molar-refractivity contribution in [3.8, 4) is 0 Å². The van der Waals surface area contributed by atoms with Gasteiger partial charge < -0.3 is 0 Å². The van der Waals surface area contributed by atoms with Gasteiger partial charge in [-0.1, -0.05) is 20.3 Å². The van der Waals surface area contributed by atoms with E-state index in [9.17, 15) is 0 Å². The molecule has 2 rings (SSSR count). The zero-order valence-electron chi connectivity index (χ0n) is 6.43. The van der Waals surface area contributed by atoms with Crippen molar-refractivity contribution in [2.24, 2.45) is 23.7 Å². The van der Waals surface area contributed by atoms with E-state index < -0.39 is 0 Å². The van der Waals surface area contributed by atoms with Gasteiger partial charge in [-0.3, -0.25) is 0 Å². The molecule has 2 saturated carbocycles. The predicted octanol–water partition coefficient (Wildman–Crippen LogP) is 2.69. The largest absolute Gasteiger partial charge is 0.0622 e. The monoisotopic (exact) mass is 124 g/mol. The Morgan fingerprint density at radius 1 is 1.00 bits per heavy atom. The van der Waals surface area contributed by atoms with Crippen LogP contribution in [0.4, 0.5) is 0 Å². The lowest BCUT2D eigenvalue weighted by atomic mass is 9.65. The van der Waals surface area contributed by atoms with E-state index in [0.717, 1.165) is 23.7 Å². The van der Waals surface area contributed by atoms with Gasteiger partial charge in [0, 0.05) is 0 Å². The molecule has 0 aliphatic heterocycles. The topological polar surface area (TPSA) is 0 Å². The Labute approximate surface area is 57.6 Å². The molecular formula is C9H16. The van der Waals surface area contributed by atoms with Crippen molar-refractivity contribution in [2.45, 2.75) is 33.1 Å². The van der Waals surface area contributed by atoms with Crippen molar-refractivity contribution in [1.82, 2.24) is 0 Å². The molecule has 3 unspecified atom stereocenters. The molecule has 0 amide bonds. The van der Waals surface area contributed by atoms with E-state index in [-0.39, 0.29) is 0 Å². The highest BCUT2D eigenvalue weighted by Crippen LogP contribution is 2.53. The Kier molecular flexibility index (Phi) is 1.12. The lowest BCUT2D eigenvalue weighted by Gasteiger charge is -2.40. The summed E-state index contributed by atoms with van der Waals surface area (Å²) >= 11 is 0. The molecule has 0 spiro atoms. The second kappa shape index (κ2) is 1.74. The highest BCUT2D eigenvalue weighted by Gasteiger charge is 2.44. The van der Waals surface area contributed by atoms with E-state index in [0.29, 0.717) is 0 Å². The van der Waals surface area contributed by atoms with Crippen LogP contribution >= 0.6 is 0 Å². The first kappa shape index (κ1) is 5.76. The zero-order chi connectivity index (χ0) is 6.43. The predicted molar refractivity (Wildman–Crippen MR) is 39.2 cm³/mol. The van der Waals surface area contributed by atoms with Crippen LogP contribution in [0.15, 0.2) is 0 Å². The summed E-state index contributed by atoms with van der Waals surface area (Å²) in [5, 5.41) is 0. The van der Waals surface area contributed by atoms with Crippen LogP contribution in [-0.2, 0) is 0 Å². The van der Waals surface area contributed by atoms with Crippen molar-refractivity contribution in [2.75, 3.05) is 0 Å². The summed E-state index contributed by atoms with van der Waals surface area (Å²) in [4.78, 5) is 0. The summed E-state index contributed by atoms with van der Waals surface area (Å²) < 4.78 is 0. The first-order valence-corrected chi connectivity index (χ1v) is 4.29. The third-order valence-electron chi connectivity index (χ3n) is 3.53. The van der Waals surface area contributed by atoms with Gasteiger partial charge in [-0.05, 0) is 36.5 Å². The van der Waals surface area contributed by atoms with Crippen LogP contribution in [0.3, 0.4) is 0 Å². The van der Waals surface area contributed by atoms with Crippen LogP contribution < -0.4 is 0 Å². The number of rotatable bonds is 0. The average Bonchev–Trinajstić information content (AvgIpc) is 2.04. The molecule has 2 aliphatic carbocycles. The van der Waals surface area contributed by atoms with E-state index in [4.69, 9.17) is 0 Å². The van der Waals surface area contributed by atoms with E-state index in [1.165, 1.54) is 19.3 Å². The van der Waals surface area contributed by atoms with Crippen LogP contribution in [0, 0.1) is 23.7 Å². The quantitative estimate of drug-likeness (QED) is 0.465.